The van der Waals surface area contributed by atoms with Crippen LogP contribution >= 0.6 is 0 Å². The van der Waals surface area contributed by atoms with E-state index < -0.39 is 0 Å². The molecule has 0 atom stereocenters. The van der Waals surface area contributed by atoms with Crippen LogP contribution in [0.3, 0.4) is 0 Å². The Labute approximate surface area is 101 Å². The molecule has 0 aliphatic rings. The third-order valence-corrected chi connectivity index (χ3v) is 2.36. The van der Waals surface area contributed by atoms with Gasteiger partial charge < -0.3 is 10.2 Å². The van der Waals surface area contributed by atoms with Gasteiger partial charge in [0.15, 0.2) is 0 Å². The summed E-state index contributed by atoms with van der Waals surface area (Å²) in [6, 6.07) is 0. The molecule has 0 unspecified atom stereocenters. The molecule has 0 heterocycles. The van der Waals surface area contributed by atoms with E-state index in [9.17, 15) is 0 Å². The van der Waals surface area contributed by atoms with Crippen LogP contribution in [0.1, 0.15) is 13.8 Å². The molecule has 0 saturated carbocycles. The maximum Gasteiger partial charge on any atom is 0.0203 e. The minimum Gasteiger partial charge on any atom is -0.316 e. The lowest BCUT2D eigenvalue weighted by Gasteiger charge is -2.26. The normalized spacial score (nSPS) is 11.8. The van der Waals surface area contributed by atoms with Crippen molar-refractivity contribution in [3.05, 3.63) is 12.2 Å². The van der Waals surface area contributed by atoms with Crippen LogP contribution in [0, 0.1) is 5.92 Å². The maximum absolute atomic E-state index is 4.10. The van der Waals surface area contributed by atoms with E-state index in [1.165, 1.54) is 5.57 Å². The van der Waals surface area contributed by atoms with Gasteiger partial charge >= 0.3 is 0 Å². The highest BCUT2D eigenvalue weighted by Crippen LogP contribution is 2.02. The van der Waals surface area contributed by atoms with E-state index in [-0.39, 0.29) is 0 Å². The smallest absolute Gasteiger partial charge is 0.0203 e. The molecule has 3 nitrogen and oxygen atoms in total. The molecule has 0 aromatic carbocycles. The van der Waals surface area contributed by atoms with Gasteiger partial charge in [-0.05, 0) is 32.6 Å². The molecular formula is C13H29N3. The van der Waals surface area contributed by atoms with Crippen LogP contribution in [0.15, 0.2) is 12.2 Å². The Morgan fingerprint density at radius 3 is 2.31 bits per heavy atom. The molecule has 0 aliphatic carbocycles. The second kappa shape index (κ2) is 8.74. The van der Waals surface area contributed by atoms with Gasteiger partial charge in [0.05, 0.1) is 0 Å². The molecule has 0 saturated heterocycles. The zero-order valence-electron chi connectivity index (χ0n) is 11.7. The lowest BCUT2D eigenvalue weighted by molar-refractivity contribution is 0.233. The fourth-order valence-corrected chi connectivity index (χ4v) is 1.71. The van der Waals surface area contributed by atoms with Crippen molar-refractivity contribution in [2.75, 3.05) is 53.9 Å². The van der Waals surface area contributed by atoms with Crippen molar-refractivity contribution in [1.82, 2.24) is 15.1 Å². The molecular weight excluding hydrogens is 198 g/mol. The van der Waals surface area contributed by atoms with Gasteiger partial charge in [-0.15, -0.1) is 0 Å². The Kier molecular flexibility index (Phi) is 8.53. The van der Waals surface area contributed by atoms with E-state index in [1.54, 1.807) is 0 Å². The summed E-state index contributed by atoms with van der Waals surface area (Å²) in [7, 11) is 6.21. The fourth-order valence-electron chi connectivity index (χ4n) is 1.71. The van der Waals surface area contributed by atoms with Crippen LogP contribution in [0.4, 0.5) is 0 Å². The van der Waals surface area contributed by atoms with Crippen molar-refractivity contribution in [1.29, 1.82) is 0 Å². The standard InChI is InChI=1S/C13H29N3/c1-12(2)10-16(8-7-15(5)6)11-13(3)9-14-4/h12,14H,3,7-11H2,1-2,4-6H3. The summed E-state index contributed by atoms with van der Waals surface area (Å²) in [5.74, 6) is 0.713. The summed E-state index contributed by atoms with van der Waals surface area (Å²) in [5.41, 5.74) is 1.27. The molecule has 0 spiro atoms. The molecule has 96 valence electrons. The maximum atomic E-state index is 4.10. The summed E-state index contributed by atoms with van der Waals surface area (Å²) < 4.78 is 0. The van der Waals surface area contributed by atoms with Gasteiger partial charge in [0.2, 0.25) is 0 Å². The number of nitrogens with zero attached hydrogens (tertiary/aromatic N) is 2. The summed E-state index contributed by atoms with van der Waals surface area (Å²) in [6.45, 7) is 13.9. The molecule has 0 radical (unpaired) electrons. The molecule has 0 rings (SSSR count). The van der Waals surface area contributed by atoms with E-state index in [0.29, 0.717) is 5.92 Å². The summed E-state index contributed by atoms with van der Waals surface area (Å²) >= 11 is 0. The summed E-state index contributed by atoms with van der Waals surface area (Å²) in [5, 5.41) is 3.15. The Morgan fingerprint density at radius 2 is 1.88 bits per heavy atom. The van der Waals surface area contributed by atoms with Crippen molar-refractivity contribution in [3.8, 4) is 0 Å². The Hall–Kier alpha value is -0.380. The Morgan fingerprint density at radius 1 is 1.25 bits per heavy atom. The van der Waals surface area contributed by atoms with Crippen molar-refractivity contribution >= 4 is 0 Å². The molecule has 0 bridgehead atoms. The van der Waals surface area contributed by atoms with Crippen molar-refractivity contribution < 1.29 is 0 Å². The van der Waals surface area contributed by atoms with Crippen molar-refractivity contribution in [2.45, 2.75) is 13.8 Å². The zero-order chi connectivity index (χ0) is 12.6. The zero-order valence-corrected chi connectivity index (χ0v) is 11.7. The van der Waals surface area contributed by atoms with Crippen LogP contribution in [0.25, 0.3) is 0 Å². The molecule has 0 fully saturated rings. The topological polar surface area (TPSA) is 18.5 Å². The van der Waals surface area contributed by atoms with Crippen LogP contribution in [0.5, 0.6) is 0 Å². The monoisotopic (exact) mass is 227 g/mol. The van der Waals surface area contributed by atoms with Crippen LogP contribution in [0.2, 0.25) is 0 Å². The van der Waals surface area contributed by atoms with Gasteiger partial charge in [0.1, 0.15) is 0 Å². The van der Waals surface area contributed by atoms with Crippen molar-refractivity contribution in [2.24, 2.45) is 5.92 Å². The van der Waals surface area contributed by atoms with E-state index in [1.807, 2.05) is 7.05 Å². The molecule has 0 aromatic heterocycles. The third kappa shape index (κ3) is 8.89. The average Bonchev–Trinajstić information content (AvgIpc) is 2.13. The molecule has 3 heteroatoms. The number of hydrogen-bond acceptors (Lipinski definition) is 3. The highest BCUT2D eigenvalue weighted by molar-refractivity contribution is 4.99. The third-order valence-electron chi connectivity index (χ3n) is 2.36. The van der Waals surface area contributed by atoms with E-state index in [4.69, 9.17) is 0 Å². The largest absolute Gasteiger partial charge is 0.316 e. The van der Waals surface area contributed by atoms with Gasteiger partial charge in [0, 0.05) is 32.7 Å². The van der Waals surface area contributed by atoms with E-state index in [0.717, 1.165) is 32.7 Å². The summed E-state index contributed by atoms with van der Waals surface area (Å²) in [4.78, 5) is 4.72. The van der Waals surface area contributed by atoms with Crippen LogP contribution in [-0.2, 0) is 0 Å². The highest BCUT2D eigenvalue weighted by Gasteiger charge is 2.08. The number of nitrogens with one attached hydrogen (secondary N) is 1. The van der Waals surface area contributed by atoms with E-state index in [2.05, 4.69) is 49.6 Å². The lowest BCUT2D eigenvalue weighted by Crippen LogP contribution is -2.36. The highest BCUT2D eigenvalue weighted by atomic mass is 15.2. The second-order valence-corrected chi connectivity index (χ2v) is 5.21. The lowest BCUT2D eigenvalue weighted by atomic mass is 10.2. The average molecular weight is 227 g/mol. The first-order valence-corrected chi connectivity index (χ1v) is 6.14. The summed E-state index contributed by atoms with van der Waals surface area (Å²) in [6.07, 6.45) is 0. The quantitative estimate of drug-likeness (QED) is 0.599. The first-order valence-electron chi connectivity index (χ1n) is 6.14. The molecule has 0 aromatic rings. The first kappa shape index (κ1) is 15.6. The van der Waals surface area contributed by atoms with E-state index >= 15 is 0 Å². The molecule has 0 amide bonds. The number of hydrogen-bond donors (Lipinski definition) is 1. The predicted molar refractivity (Wildman–Crippen MR) is 72.9 cm³/mol. The van der Waals surface area contributed by atoms with Gasteiger partial charge in [0.25, 0.3) is 0 Å². The van der Waals surface area contributed by atoms with Gasteiger partial charge in [-0.2, -0.15) is 0 Å². The van der Waals surface area contributed by atoms with Crippen LogP contribution in [-0.4, -0.2) is 63.7 Å². The Balaban J connectivity index is 4.03. The number of likely N-dealkylation sites (N-methyl/N-ethyl adjacent to an activating group) is 2. The first-order chi connectivity index (χ1) is 7.45. The Bertz CT molecular complexity index is 188. The second-order valence-electron chi connectivity index (χ2n) is 5.21. The predicted octanol–water partition coefficient (Wildman–Crippen LogP) is 1.28. The molecule has 0 aliphatic heterocycles. The number of rotatable bonds is 9. The van der Waals surface area contributed by atoms with Gasteiger partial charge in [-0.3, -0.25) is 4.90 Å². The minimum absolute atomic E-state index is 0.713. The van der Waals surface area contributed by atoms with Crippen molar-refractivity contribution in [3.63, 3.8) is 0 Å². The fraction of sp³-hybridized carbons (Fsp3) is 0.846. The molecule has 1 N–H and O–H groups in total. The van der Waals surface area contributed by atoms with Crippen LogP contribution < -0.4 is 5.32 Å². The minimum atomic E-state index is 0.713. The van der Waals surface area contributed by atoms with Gasteiger partial charge in [-0.1, -0.05) is 20.4 Å². The molecule has 16 heavy (non-hydrogen) atoms. The SMILES string of the molecule is C=C(CNC)CN(CCN(C)C)CC(C)C. The van der Waals surface area contributed by atoms with Gasteiger partial charge in [-0.25, -0.2) is 0 Å².